The monoisotopic (exact) mass is 392 g/mol. The lowest BCUT2D eigenvalue weighted by atomic mass is 10.0. The van der Waals surface area contributed by atoms with E-state index in [1.54, 1.807) is 24.3 Å². The van der Waals surface area contributed by atoms with E-state index in [1.807, 2.05) is 11.9 Å². The van der Waals surface area contributed by atoms with Gasteiger partial charge in [0.25, 0.3) is 10.0 Å². The van der Waals surface area contributed by atoms with Crippen LogP contribution in [0.4, 0.5) is 0 Å². The van der Waals surface area contributed by atoms with E-state index >= 15 is 0 Å². The molecule has 0 spiro atoms. The summed E-state index contributed by atoms with van der Waals surface area (Å²) in [6, 6.07) is 7.23. The number of amidine groups is 1. The molecule has 148 valence electrons. The number of hydrogen-bond donors (Lipinski definition) is 2. The molecule has 27 heavy (non-hydrogen) atoms. The smallest absolute Gasteiger partial charge is 0.263 e. The Morgan fingerprint density at radius 3 is 2.70 bits per heavy atom. The van der Waals surface area contributed by atoms with Gasteiger partial charge < -0.3 is 10.2 Å². The number of carbonyl (C=O) groups excluding carboxylic acids is 1. The van der Waals surface area contributed by atoms with Crippen LogP contribution in [0.15, 0.2) is 34.2 Å². The number of unbranched alkanes of at least 4 members (excludes halogenated alkanes) is 2. The molecule has 0 atom stereocenters. The third-order valence-corrected chi connectivity index (χ3v) is 6.63. The molecule has 0 aliphatic carbocycles. The van der Waals surface area contributed by atoms with Crippen LogP contribution in [-0.2, 0) is 14.8 Å². The van der Waals surface area contributed by atoms with Crippen molar-refractivity contribution in [3.8, 4) is 0 Å². The van der Waals surface area contributed by atoms with Crippen molar-refractivity contribution < 1.29 is 13.2 Å². The minimum Gasteiger partial charge on any atom is -0.343 e. The van der Waals surface area contributed by atoms with Crippen molar-refractivity contribution in [1.82, 2.24) is 14.9 Å². The maximum atomic E-state index is 12.3. The van der Waals surface area contributed by atoms with Crippen LogP contribution < -0.4 is 10.0 Å². The number of rotatable bonds is 7. The van der Waals surface area contributed by atoms with Crippen molar-refractivity contribution in [3.05, 3.63) is 29.8 Å². The Morgan fingerprint density at radius 1 is 1.19 bits per heavy atom. The van der Waals surface area contributed by atoms with Gasteiger partial charge in [0.15, 0.2) is 0 Å². The molecule has 0 aromatic heterocycles. The fourth-order valence-electron chi connectivity index (χ4n) is 3.58. The van der Waals surface area contributed by atoms with Gasteiger partial charge in [0.2, 0.25) is 5.91 Å². The van der Waals surface area contributed by atoms with Crippen molar-refractivity contribution in [3.63, 3.8) is 0 Å². The van der Waals surface area contributed by atoms with Crippen LogP contribution in [0.25, 0.3) is 0 Å². The summed E-state index contributed by atoms with van der Waals surface area (Å²) in [5, 5.41) is 3.32. The third-order valence-electron chi connectivity index (χ3n) is 5.23. The summed E-state index contributed by atoms with van der Waals surface area (Å²) < 4.78 is 26.6. The Balaban J connectivity index is 1.40. The van der Waals surface area contributed by atoms with E-state index in [4.69, 9.17) is 0 Å². The Bertz CT molecular complexity index is 801. The fourth-order valence-corrected chi connectivity index (χ4v) is 4.83. The van der Waals surface area contributed by atoms with E-state index in [0.717, 1.165) is 45.2 Å². The zero-order chi connectivity index (χ0) is 19.3. The molecule has 2 aliphatic heterocycles. The molecule has 0 bridgehead atoms. The highest BCUT2D eigenvalue weighted by molar-refractivity contribution is 7.90. The van der Waals surface area contributed by atoms with Crippen LogP contribution >= 0.6 is 0 Å². The summed E-state index contributed by atoms with van der Waals surface area (Å²) in [4.78, 5) is 18.9. The number of hydrogen-bond acceptors (Lipinski definition) is 5. The lowest BCUT2D eigenvalue weighted by Gasteiger charge is -2.31. The van der Waals surface area contributed by atoms with Gasteiger partial charge >= 0.3 is 0 Å². The van der Waals surface area contributed by atoms with Crippen molar-refractivity contribution in [2.75, 3.05) is 26.7 Å². The zero-order valence-electron chi connectivity index (χ0n) is 15.8. The molecule has 1 aromatic carbocycles. The van der Waals surface area contributed by atoms with Crippen molar-refractivity contribution >= 4 is 21.8 Å². The maximum Gasteiger partial charge on any atom is 0.263 e. The average molecular weight is 393 g/mol. The van der Waals surface area contributed by atoms with E-state index in [2.05, 4.69) is 15.0 Å². The zero-order valence-corrected chi connectivity index (χ0v) is 16.6. The standard InChI is InChI=1S/C19H28N4O3S/c1-23(15-10-13-20-14-11-15)18(24)9-3-2-6-12-21-19-16-7-4-5-8-17(16)27(25,26)22-19/h4-5,7-8,15,20H,2-3,6,9-14H2,1H3,(H,21,22). The first-order valence-corrected chi connectivity index (χ1v) is 11.1. The summed E-state index contributed by atoms with van der Waals surface area (Å²) in [6.07, 6.45) is 5.18. The van der Waals surface area contributed by atoms with Gasteiger partial charge in [0.05, 0.1) is 4.90 Å². The molecule has 0 radical (unpaired) electrons. The maximum absolute atomic E-state index is 12.3. The number of fused-ring (bicyclic) bond motifs is 1. The first-order valence-electron chi connectivity index (χ1n) is 9.62. The minimum atomic E-state index is -3.47. The van der Waals surface area contributed by atoms with Crippen molar-refractivity contribution in [1.29, 1.82) is 0 Å². The molecule has 1 amide bonds. The quantitative estimate of drug-likeness (QED) is 0.688. The fraction of sp³-hybridized carbons (Fsp3) is 0.579. The van der Waals surface area contributed by atoms with E-state index in [9.17, 15) is 13.2 Å². The van der Waals surface area contributed by atoms with Gasteiger partial charge in [-0.15, -0.1) is 0 Å². The molecule has 3 rings (SSSR count). The number of aliphatic imine (C=N–C) groups is 1. The summed E-state index contributed by atoms with van der Waals surface area (Å²) in [5.74, 6) is 0.637. The molecule has 0 saturated carbocycles. The largest absolute Gasteiger partial charge is 0.343 e. The predicted molar refractivity (Wildman–Crippen MR) is 105 cm³/mol. The second-order valence-electron chi connectivity index (χ2n) is 7.13. The Kier molecular flexibility index (Phi) is 6.49. The Morgan fingerprint density at radius 2 is 1.93 bits per heavy atom. The second-order valence-corrected chi connectivity index (χ2v) is 8.78. The highest BCUT2D eigenvalue weighted by Crippen LogP contribution is 2.22. The highest BCUT2D eigenvalue weighted by atomic mass is 32.2. The predicted octanol–water partition coefficient (Wildman–Crippen LogP) is 1.50. The molecule has 2 heterocycles. The summed E-state index contributed by atoms with van der Waals surface area (Å²) in [5.41, 5.74) is 0.635. The second kappa shape index (κ2) is 8.84. The van der Waals surface area contributed by atoms with Gasteiger partial charge in [-0.25, -0.2) is 8.42 Å². The number of benzene rings is 1. The van der Waals surface area contributed by atoms with Crippen LogP contribution in [-0.4, -0.2) is 57.8 Å². The van der Waals surface area contributed by atoms with Crippen molar-refractivity contribution in [2.45, 2.75) is 49.5 Å². The van der Waals surface area contributed by atoms with Gasteiger partial charge in [-0.3, -0.25) is 14.5 Å². The lowest BCUT2D eigenvalue weighted by molar-refractivity contribution is -0.132. The van der Waals surface area contributed by atoms with Crippen LogP contribution in [0.5, 0.6) is 0 Å². The SMILES string of the molecule is CN(C(=O)CCCCCN=C1NS(=O)(=O)c2ccccc21)C1CCNCC1. The number of nitrogens with zero attached hydrogens (tertiary/aromatic N) is 2. The van der Waals surface area contributed by atoms with Gasteiger partial charge in [0, 0.05) is 31.6 Å². The average Bonchev–Trinajstić information content (AvgIpc) is 2.95. The molecular weight excluding hydrogens is 364 g/mol. The normalized spacial score (nSPS) is 20.3. The van der Waals surface area contributed by atoms with Gasteiger partial charge in [-0.1, -0.05) is 18.6 Å². The van der Waals surface area contributed by atoms with E-state index in [0.29, 0.717) is 30.4 Å². The third kappa shape index (κ3) is 4.87. The molecule has 1 saturated heterocycles. The molecular formula is C19H28N4O3S. The summed E-state index contributed by atoms with van der Waals surface area (Å²) in [6.45, 7) is 2.51. The van der Waals surface area contributed by atoms with Crippen LogP contribution in [0, 0.1) is 0 Å². The first-order chi connectivity index (χ1) is 13.0. The van der Waals surface area contributed by atoms with Crippen LogP contribution in [0.1, 0.15) is 44.1 Å². The molecule has 2 N–H and O–H groups in total. The molecule has 1 aromatic rings. The number of carbonyl (C=O) groups is 1. The van der Waals surface area contributed by atoms with Crippen molar-refractivity contribution in [2.24, 2.45) is 4.99 Å². The van der Waals surface area contributed by atoms with E-state index in [1.165, 1.54) is 0 Å². The van der Waals surface area contributed by atoms with Crippen LogP contribution in [0.3, 0.4) is 0 Å². The number of amides is 1. The lowest BCUT2D eigenvalue weighted by Crippen LogP contribution is -2.43. The van der Waals surface area contributed by atoms with Gasteiger partial charge in [0.1, 0.15) is 5.84 Å². The molecule has 0 unspecified atom stereocenters. The minimum absolute atomic E-state index is 0.214. The number of nitrogens with one attached hydrogen (secondary N) is 2. The summed E-state index contributed by atoms with van der Waals surface area (Å²) >= 11 is 0. The van der Waals surface area contributed by atoms with E-state index in [-0.39, 0.29) is 10.8 Å². The number of piperidine rings is 1. The summed E-state index contributed by atoms with van der Waals surface area (Å²) in [7, 11) is -1.56. The van der Waals surface area contributed by atoms with Gasteiger partial charge in [-0.05, 0) is 50.9 Å². The molecule has 2 aliphatic rings. The number of sulfonamides is 1. The topological polar surface area (TPSA) is 90.9 Å². The highest BCUT2D eigenvalue weighted by Gasteiger charge is 2.29. The molecule has 8 heteroatoms. The van der Waals surface area contributed by atoms with Gasteiger partial charge in [-0.2, -0.15) is 0 Å². The molecule has 7 nitrogen and oxygen atoms in total. The first kappa shape index (κ1) is 19.8. The Labute approximate surface area is 161 Å². The molecule has 1 fully saturated rings. The van der Waals surface area contributed by atoms with Crippen LogP contribution in [0.2, 0.25) is 0 Å². The van der Waals surface area contributed by atoms with E-state index < -0.39 is 10.0 Å². The Hall–Kier alpha value is -1.93.